The monoisotopic (exact) mass is 269 g/mol. The molecular formula is C17H19NO2. The number of ether oxygens (including phenoxy) is 2. The zero-order valence-corrected chi connectivity index (χ0v) is 11.6. The predicted octanol–water partition coefficient (Wildman–Crippen LogP) is 3.16. The van der Waals surface area contributed by atoms with E-state index in [9.17, 15) is 0 Å². The van der Waals surface area contributed by atoms with Crippen LogP contribution in [0.3, 0.4) is 0 Å². The molecule has 3 rings (SSSR count). The van der Waals surface area contributed by atoms with Crippen molar-refractivity contribution in [1.82, 2.24) is 5.32 Å². The average Bonchev–Trinajstić information content (AvgIpc) is 2.53. The predicted molar refractivity (Wildman–Crippen MR) is 79.4 cm³/mol. The summed E-state index contributed by atoms with van der Waals surface area (Å²) >= 11 is 0. The van der Waals surface area contributed by atoms with E-state index in [-0.39, 0.29) is 6.04 Å². The molecule has 0 bridgehead atoms. The molecule has 1 heterocycles. The van der Waals surface area contributed by atoms with E-state index in [1.807, 2.05) is 18.2 Å². The molecule has 3 heteroatoms. The fourth-order valence-corrected chi connectivity index (χ4v) is 2.58. The SMILES string of the molecule is CCNC(c1ccccc1)c1cccc2c1OCCO2. The molecule has 0 fully saturated rings. The summed E-state index contributed by atoms with van der Waals surface area (Å²) in [6.07, 6.45) is 0. The molecule has 0 aromatic heterocycles. The van der Waals surface area contributed by atoms with Gasteiger partial charge in [-0.2, -0.15) is 0 Å². The van der Waals surface area contributed by atoms with Gasteiger partial charge in [-0.3, -0.25) is 0 Å². The van der Waals surface area contributed by atoms with Crippen molar-refractivity contribution < 1.29 is 9.47 Å². The van der Waals surface area contributed by atoms with E-state index < -0.39 is 0 Å². The van der Waals surface area contributed by atoms with Gasteiger partial charge < -0.3 is 14.8 Å². The highest BCUT2D eigenvalue weighted by molar-refractivity contribution is 5.51. The molecule has 1 aliphatic rings. The van der Waals surface area contributed by atoms with Gasteiger partial charge in [0.1, 0.15) is 13.2 Å². The van der Waals surface area contributed by atoms with Crippen LogP contribution in [0.2, 0.25) is 0 Å². The summed E-state index contributed by atoms with van der Waals surface area (Å²) in [5.41, 5.74) is 2.37. The normalized spacial score (nSPS) is 14.8. The van der Waals surface area contributed by atoms with Crippen LogP contribution in [0, 0.1) is 0 Å². The second kappa shape index (κ2) is 5.97. The summed E-state index contributed by atoms with van der Waals surface area (Å²) < 4.78 is 11.5. The van der Waals surface area contributed by atoms with E-state index >= 15 is 0 Å². The molecule has 1 atom stereocenters. The Labute approximate surface area is 119 Å². The minimum absolute atomic E-state index is 0.123. The minimum Gasteiger partial charge on any atom is -0.486 e. The highest BCUT2D eigenvalue weighted by atomic mass is 16.6. The van der Waals surface area contributed by atoms with Crippen molar-refractivity contribution in [3.63, 3.8) is 0 Å². The lowest BCUT2D eigenvalue weighted by atomic mass is 9.97. The number of fused-ring (bicyclic) bond motifs is 1. The molecule has 2 aromatic carbocycles. The molecule has 1 aliphatic heterocycles. The lowest BCUT2D eigenvalue weighted by molar-refractivity contribution is 0.169. The van der Waals surface area contributed by atoms with Crippen molar-refractivity contribution in [2.45, 2.75) is 13.0 Å². The first-order valence-corrected chi connectivity index (χ1v) is 7.07. The highest BCUT2D eigenvalue weighted by Crippen LogP contribution is 2.38. The molecule has 0 spiro atoms. The number of nitrogens with one attached hydrogen (secondary N) is 1. The lowest BCUT2D eigenvalue weighted by Crippen LogP contribution is -2.24. The van der Waals surface area contributed by atoms with E-state index in [0.29, 0.717) is 13.2 Å². The molecule has 0 amide bonds. The second-order valence-corrected chi connectivity index (χ2v) is 4.77. The maximum Gasteiger partial charge on any atom is 0.166 e. The van der Waals surface area contributed by atoms with Crippen LogP contribution in [-0.4, -0.2) is 19.8 Å². The van der Waals surface area contributed by atoms with Gasteiger partial charge in [-0.05, 0) is 18.2 Å². The van der Waals surface area contributed by atoms with Crippen LogP contribution in [0.25, 0.3) is 0 Å². The molecule has 2 aromatic rings. The Kier molecular flexibility index (Phi) is 3.88. The number of hydrogen-bond donors (Lipinski definition) is 1. The molecule has 0 saturated carbocycles. The molecule has 0 aliphatic carbocycles. The molecule has 0 radical (unpaired) electrons. The average molecular weight is 269 g/mol. The van der Waals surface area contributed by atoms with Gasteiger partial charge in [0.05, 0.1) is 6.04 Å². The van der Waals surface area contributed by atoms with Gasteiger partial charge in [-0.25, -0.2) is 0 Å². The van der Waals surface area contributed by atoms with Crippen LogP contribution in [-0.2, 0) is 0 Å². The summed E-state index contributed by atoms with van der Waals surface area (Å²) in [6.45, 7) is 4.23. The van der Waals surface area contributed by atoms with Crippen LogP contribution in [0.5, 0.6) is 11.5 Å². The zero-order valence-electron chi connectivity index (χ0n) is 11.6. The molecule has 20 heavy (non-hydrogen) atoms. The van der Waals surface area contributed by atoms with Crippen LogP contribution >= 0.6 is 0 Å². The topological polar surface area (TPSA) is 30.5 Å². The summed E-state index contributed by atoms with van der Waals surface area (Å²) in [7, 11) is 0. The minimum atomic E-state index is 0.123. The Bertz CT molecular complexity index is 568. The number of hydrogen-bond acceptors (Lipinski definition) is 3. The summed E-state index contributed by atoms with van der Waals surface area (Å²) in [6, 6.07) is 16.6. The first-order chi connectivity index (χ1) is 9.90. The molecule has 3 nitrogen and oxygen atoms in total. The molecule has 104 valence electrons. The third-order valence-corrected chi connectivity index (χ3v) is 3.45. The Hall–Kier alpha value is -2.00. The van der Waals surface area contributed by atoms with Crippen molar-refractivity contribution >= 4 is 0 Å². The van der Waals surface area contributed by atoms with Gasteiger partial charge in [-0.1, -0.05) is 49.4 Å². The van der Waals surface area contributed by atoms with Gasteiger partial charge in [0.25, 0.3) is 0 Å². The fraction of sp³-hybridized carbons (Fsp3) is 0.294. The van der Waals surface area contributed by atoms with E-state index in [2.05, 4.69) is 42.6 Å². The van der Waals surface area contributed by atoms with Crippen LogP contribution < -0.4 is 14.8 Å². The van der Waals surface area contributed by atoms with Crippen molar-refractivity contribution in [1.29, 1.82) is 0 Å². The quantitative estimate of drug-likeness (QED) is 0.925. The van der Waals surface area contributed by atoms with Gasteiger partial charge >= 0.3 is 0 Å². The maximum atomic E-state index is 5.84. The smallest absolute Gasteiger partial charge is 0.166 e. The van der Waals surface area contributed by atoms with E-state index in [1.165, 1.54) is 5.56 Å². The largest absolute Gasteiger partial charge is 0.486 e. The molecule has 1 N–H and O–H groups in total. The van der Waals surface area contributed by atoms with Gasteiger partial charge in [0, 0.05) is 5.56 Å². The summed E-state index contributed by atoms with van der Waals surface area (Å²) in [5, 5.41) is 3.53. The second-order valence-electron chi connectivity index (χ2n) is 4.77. The van der Waals surface area contributed by atoms with Crippen molar-refractivity contribution in [2.24, 2.45) is 0 Å². The number of para-hydroxylation sites is 1. The van der Waals surface area contributed by atoms with Crippen molar-refractivity contribution in [2.75, 3.05) is 19.8 Å². The summed E-state index contributed by atoms with van der Waals surface area (Å²) in [5.74, 6) is 1.71. The third kappa shape index (κ3) is 2.49. The van der Waals surface area contributed by atoms with Gasteiger partial charge in [0.15, 0.2) is 11.5 Å². The van der Waals surface area contributed by atoms with Crippen molar-refractivity contribution in [3.05, 3.63) is 59.7 Å². The van der Waals surface area contributed by atoms with E-state index in [0.717, 1.165) is 23.6 Å². The number of rotatable bonds is 4. The third-order valence-electron chi connectivity index (χ3n) is 3.45. The van der Waals surface area contributed by atoms with Crippen LogP contribution in [0.1, 0.15) is 24.1 Å². The summed E-state index contributed by atoms with van der Waals surface area (Å²) in [4.78, 5) is 0. The van der Waals surface area contributed by atoms with E-state index in [4.69, 9.17) is 9.47 Å². The Morgan fingerprint density at radius 3 is 2.60 bits per heavy atom. The Morgan fingerprint density at radius 2 is 1.80 bits per heavy atom. The highest BCUT2D eigenvalue weighted by Gasteiger charge is 2.22. The standard InChI is InChI=1S/C17H19NO2/c1-2-18-16(13-7-4-3-5-8-13)14-9-6-10-15-17(14)20-12-11-19-15/h3-10,16,18H,2,11-12H2,1H3. The van der Waals surface area contributed by atoms with E-state index in [1.54, 1.807) is 0 Å². The fourth-order valence-electron chi connectivity index (χ4n) is 2.58. The Balaban J connectivity index is 2.04. The maximum absolute atomic E-state index is 5.84. The number of benzene rings is 2. The Morgan fingerprint density at radius 1 is 1.00 bits per heavy atom. The first kappa shape index (κ1) is 13.0. The zero-order chi connectivity index (χ0) is 13.8. The van der Waals surface area contributed by atoms with Crippen LogP contribution in [0.4, 0.5) is 0 Å². The molecule has 0 saturated heterocycles. The molecular weight excluding hydrogens is 250 g/mol. The van der Waals surface area contributed by atoms with Crippen LogP contribution in [0.15, 0.2) is 48.5 Å². The first-order valence-electron chi connectivity index (χ1n) is 7.07. The molecule has 1 unspecified atom stereocenters. The van der Waals surface area contributed by atoms with Gasteiger partial charge in [-0.15, -0.1) is 0 Å². The lowest BCUT2D eigenvalue weighted by Gasteiger charge is -2.26. The van der Waals surface area contributed by atoms with Gasteiger partial charge in [0.2, 0.25) is 0 Å². The van der Waals surface area contributed by atoms with Crippen molar-refractivity contribution in [3.8, 4) is 11.5 Å².